The summed E-state index contributed by atoms with van der Waals surface area (Å²) in [5, 5.41) is 0. The van der Waals surface area contributed by atoms with Gasteiger partial charge in [0.1, 0.15) is 11.6 Å². The smallest absolute Gasteiger partial charge is 0.166 e. The van der Waals surface area contributed by atoms with Gasteiger partial charge in [0, 0.05) is 11.6 Å². The van der Waals surface area contributed by atoms with Crippen LogP contribution in [0.25, 0.3) is 6.08 Å². The van der Waals surface area contributed by atoms with Gasteiger partial charge in [0.15, 0.2) is 11.6 Å². The Morgan fingerprint density at radius 2 is 1.71 bits per heavy atom. The molecule has 168 valence electrons. The third-order valence-corrected chi connectivity index (χ3v) is 6.28. The normalized spacial score (nSPS) is 19.1. The van der Waals surface area contributed by atoms with Crippen molar-refractivity contribution in [3.63, 3.8) is 0 Å². The predicted molar refractivity (Wildman–Crippen MR) is 121 cm³/mol. The highest BCUT2D eigenvalue weighted by molar-refractivity contribution is 5.51. The van der Waals surface area contributed by atoms with Crippen LogP contribution >= 0.6 is 0 Å². The standard InChI is InChI=1S/C27H33F3O/c1-3-5-6-7-21-14-15-22(27(30)26(21)29)13-10-19-8-11-20(12-9-19)24-17-16-23(31-4-2)18-25(24)28/h10,13-20H,3-9,11-12H2,1-2H3/b13-10+. The number of benzene rings is 2. The summed E-state index contributed by atoms with van der Waals surface area (Å²) in [6.07, 6.45) is 10.8. The lowest BCUT2D eigenvalue weighted by Gasteiger charge is -2.27. The fourth-order valence-corrected chi connectivity index (χ4v) is 4.45. The van der Waals surface area contributed by atoms with E-state index in [9.17, 15) is 13.2 Å². The molecule has 2 aromatic carbocycles. The number of hydrogen-bond acceptors (Lipinski definition) is 1. The fourth-order valence-electron chi connectivity index (χ4n) is 4.45. The van der Waals surface area contributed by atoms with Crippen molar-refractivity contribution >= 4 is 6.08 Å². The van der Waals surface area contributed by atoms with Gasteiger partial charge in [-0.15, -0.1) is 0 Å². The second-order valence-corrected chi connectivity index (χ2v) is 8.49. The molecule has 0 unspecified atom stereocenters. The van der Waals surface area contributed by atoms with Gasteiger partial charge < -0.3 is 4.74 Å². The average molecular weight is 431 g/mol. The first-order chi connectivity index (χ1) is 15.0. The van der Waals surface area contributed by atoms with Crippen molar-refractivity contribution in [2.24, 2.45) is 5.92 Å². The molecule has 1 aliphatic carbocycles. The third kappa shape index (κ3) is 6.15. The second kappa shape index (κ2) is 11.4. The molecule has 0 spiro atoms. The van der Waals surface area contributed by atoms with Crippen molar-refractivity contribution in [2.45, 2.75) is 71.1 Å². The number of aryl methyl sites for hydroxylation is 1. The molecule has 0 atom stereocenters. The number of rotatable bonds is 9. The summed E-state index contributed by atoms with van der Waals surface area (Å²) >= 11 is 0. The number of unbranched alkanes of at least 4 members (excludes halogenated alkanes) is 2. The maximum absolute atomic E-state index is 14.5. The van der Waals surface area contributed by atoms with Gasteiger partial charge in [-0.3, -0.25) is 0 Å². The zero-order chi connectivity index (χ0) is 22.2. The molecule has 1 saturated carbocycles. The number of hydrogen-bond donors (Lipinski definition) is 0. The monoisotopic (exact) mass is 430 g/mol. The summed E-state index contributed by atoms with van der Waals surface area (Å²) in [6.45, 7) is 4.48. The first kappa shape index (κ1) is 23.4. The topological polar surface area (TPSA) is 9.23 Å². The van der Waals surface area contributed by atoms with E-state index in [-0.39, 0.29) is 11.7 Å². The summed E-state index contributed by atoms with van der Waals surface area (Å²) in [5.74, 6) is -0.624. The highest BCUT2D eigenvalue weighted by atomic mass is 19.2. The van der Waals surface area contributed by atoms with Crippen LogP contribution in [0.2, 0.25) is 0 Å². The van der Waals surface area contributed by atoms with E-state index in [1.165, 1.54) is 6.07 Å². The van der Waals surface area contributed by atoms with Gasteiger partial charge in [-0.1, -0.05) is 50.1 Å². The Kier molecular flexibility index (Phi) is 8.62. The molecule has 2 aromatic rings. The second-order valence-electron chi connectivity index (χ2n) is 8.49. The molecule has 0 bridgehead atoms. The maximum atomic E-state index is 14.5. The molecule has 3 rings (SSSR count). The van der Waals surface area contributed by atoms with Crippen LogP contribution in [0.4, 0.5) is 13.2 Å². The van der Waals surface area contributed by atoms with E-state index in [0.717, 1.165) is 50.5 Å². The molecule has 1 aliphatic rings. The molecule has 0 aromatic heterocycles. The average Bonchev–Trinajstić information content (AvgIpc) is 2.77. The van der Waals surface area contributed by atoms with E-state index in [1.807, 2.05) is 25.1 Å². The molecular formula is C27H33F3O. The Bertz CT molecular complexity index is 882. The molecule has 4 heteroatoms. The lowest BCUT2D eigenvalue weighted by atomic mass is 9.78. The summed E-state index contributed by atoms with van der Waals surface area (Å²) in [5.41, 5.74) is 1.51. The molecular weight excluding hydrogens is 397 g/mol. The van der Waals surface area contributed by atoms with Gasteiger partial charge >= 0.3 is 0 Å². The quantitative estimate of drug-likeness (QED) is 0.364. The van der Waals surface area contributed by atoms with Gasteiger partial charge in [0.25, 0.3) is 0 Å². The Morgan fingerprint density at radius 1 is 0.935 bits per heavy atom. The molecule has 0 N–H and O–H groups in total. The lowest BCUT2D eigenvalue weighted by molar-refractivity contribution is 0.336. The lowest BCUT2D eigenvalue weighted by Crippen LogP contribution is -2.13. The van der Waals surface area contributed by atoms with E-state index in [1.54, 1.807) is 18.2 Å². The Hall–Kier alpha value is -2.23. The van der Waals surface area contributed by atoms with Crippen LogP contribution in [0, 0.1) is 23.4 Å². The SMILES string of the molecule is CCCCCc1ccc(/C=C/C2CCC(c3ccc(OCC)cc3F)CC2)c(F)c1F. The zero-order valence-electron chi connectivity index (χ0n) is 18.6. The van der Waals surface area contributed by atoms with Gasteiger partial charge in [-0.2, -0.15) is 0 Å². The van der Waals surface area contributed by atoms with Crippen LogP contribution in [-0.4, -0.2) is 6.61 Å². The Labute approximate surface area is 184 Å². The summed E-state index contributed by atoms with van der Waals surface area (Å²) in [4.78, 5) is 0. The first-order valence-electron chi connectivity index (χ1n) is 11.6. The predicted octanol–water partition coefficient (Wildman–Crippen LogP) is 8.22. The van der Waals surface area contributed by atoms with Crippen LogP contribution in [0.5, 0.6) is 5.75 Å². The van der Waals surface area contributed by atoms with Gasteiger partial charge in [0.2, 0.25) is 0 Å². The molecule has 1 nitrogen and oxygen atoms in total. The van der Waals surface area contributed by atoms with Crippen molar-refractivity contribution in [1.29, 1.82) is 0 Å². The third-order valence-electron chi connectivity index (χ3n) is 6.28. The first-order valence-corrected chi connectivity index (χ1v) is 11.6. The molecule has 1 fully saturated rings. The highest BCUT2D eigenvalue weighted by Crippen LogP contribution is 2.38. The maximum Gasteiger partial charge on any atom is 0.166 e. The van der Waals surface area contributed by atoms with Crippen LogP contribution in [0.3, 0.4) is 0 Å². The molecule has 0 radical (unpaired) electrons. The summed E-state index contributed by atoms with van der Waals surface area (Å²) in [7, 11) is 0. The highest BCUT2D eigenvalue weighted by Gasteiger charge is 2.23. The van der Waals surface area contributed by atoms with Crippen LogP contribution < -0.4 is 4.74 Å². The number of ether oxygens (including phenoxy) is 1. The summed E-state index contributed by atoms with van der Waals surface area (Å²) < 4.78 is 48.6. The minimum atomic E-state index is -0.754. The Morgan fingerprint density at radius 3 is 2.39 bits per heavy atom. The minimum Gasteiger partial charge on any atom is -0.494 e. The molecule has 0 heterocycles. The van der Waals surface area contributed by atoms with Crippen molar-refractivity contribution in [3.05, 3.63) is 70.5 Å². The fraction of sp³-hybridized carbons (Fsp3) is 0.481. The minimum absolute atomic E-state index is 0.192. The van der Waals surface area contributed by atoms with Gasteiger partial charge in [0.05, 0.1) is 6.61 Å². The number of halogens is 3. The van der Waals surface area contributed by atoms with Gasteiger partial charge in [-0.25, -0.2) is 13.2 Å². The molecule has 0 amide bonds. The van der Waals surface area contributed by atoms with E-state index in [4.69, 9.17) is 4.74 Å². The van der Waals surface area contributed by atoms with Crippen molar-refractivity contribution in [2.75, 3.05) is 6.61 Å². The van der Waals surface area contributed by atoms with Crippen molar-refractivity contribution < 1.29 is 17.9 Å². The Balaban J connectivity index is 1.58. The van der Waals surface area contributed by atoms with Gasteiger partial charge in [-0.05, 0) is 74.5 Å². The zero-order valence-corrected chi connectivity index (χ0v) is 18.6. The van der Waals surface area contributed by atoms with E-state index < -0.39 is 11.6 Å². The van der Waals surface area contributed by atoms with Crippen molar-refractivity contribution in [3.8, 4) is 5.75 Å². The van der Waals surface area contributed by atoms with Crippen molar-refractivity contribution in [1.82, 2.24) is 0 Å². The van der Waals surface area contributed by atoms with Crippen LogP contribution in [0.1, 0.15) is 81.4 Å². The van der Waals surface area contributed by atoms with E-state index in [0.29, 0.717) is 35.8 Å². The van der Waals surface area contributed by atoms with Crippen LogP contribution in [-0.2, 0) is 6.42 Å². The van der Waals surface area contributed by atoms with Crippen LogP contribution in [0.15, 0.2) is 36.4 Å². The molecule has 0 aliphatic heterocycles. The molecule has 0 saturated heterocycles. The molecule has 31 heavy (non-hydrogen) atoms. The number of allylic oxidation sites excluding steroid dienone is 1. The summed E-state index contributed by atoms with van der Waals surface area (Å²) in [6, 6.07) is 8.52. The van der Waals surface area contributed by atoms with E-state index >= 15 is 0 Å². The van der Waals surface area contributed by atoms with E-state index in [2.05, 4.69) is 6.92 Å². The largest absolute Gasteiger partial charge is 0.494 e.